The van der Waals surface area contributed by atoms with Crippen LogP contribution < -0.4 is 0 Å². The highest BCUT2D eigenvalue weighted by atomic mass is 16.6. The molecule has 116 valence electrons. The molecule has 0 bridgehead atoms. The Morgan fingerprint density at radius 3 is 2.29 bits per heavy atom. The summed E-state index contributed by atoms with van der Waals surface area (Å²) < 4.78 is 5.29. The molecule has 5 nitrogen and oxygen atoms in total. The Bertz CT molecular complexity index is 479. The van der Waals surface area contributed by atoms with Gasteiger partial charge in [-0.1, -0.05) is 30.3 Å². The van der Waals surface area contributed by atoms with E-state index in [2.05, 4.69) is 0 Å². The second kappa shape index (κ2) is 7.11. The first kappa shape index (κ1) is 17.0. The van der Waals surface area contributed by atoms with Gasteiger partial charge in [-0.3, -0.25) is 4.79 Å². The van der Waals surface area contributed by atoms with Crippen LogP contribution in [0.4, 0.5) is 4.79 Å². The van der Waals surface area contributed by atoms with Crippen molar-refractivity contribution in [1.82, 2.24) is 4.90 Å². The lowest BCUT2D eigenvalue weighted by Gasteiger charge is -2.30. The van der Waals surface area contributed by atoms with Gasteiger partial charge in [0.1, 0.15) is 5.60 Å². The number of aliphatic carboxylic acids is 1. The number of carbonyl (C=O) groups excluding carboxylic acids is 1. The van der Waals surface area contributed by atoms with Gasteiger partial charge in [-0.2, -0.15) is 0 Å². The van der Waals surface area contributed by atoms with E-state index in [4.69, 9.17) is 9.84 Å². The number of carboxylic acids is 1. The molecular formula is C16H23NO4. The third kappa shape index (κ3) is 6.29. The molecule has 21 heavy (non-hydrogen) atoms. The van der Waals surface area contributed by atoms with Crippen molar-refractivity contribution in [3.05, 3.63) is 35.9 Å². The van der Waals surface area contributed by atoms with Crippen LogP contribution in [0.5, 0.6) is 0 Å². The van der Waals surface area contributed by atoms with Crippen molar-refractivity contribution in [1.29, 1.82) is 0 Å². The molecule has 0 aliphatic heterocycles. The van der Waals surface area contributed by atoms with Crippen LogP contribution in [0.15, 0.2) is 30.3 Å². The molecule has 5 heteroatoms. The van der Waals surface area contributed by atoms with Crippen LogP contribution in [0, 0.1) is 0 Å². The molecule has 1 rings (SSSR count). The Morgan fingerprint density at radius 2 is 1.81 bits per heavy atom. The molecule has 1 unspecified atom stereocenters. The average molecular weight is 293 g/mol. The van der Waals surface area contributed by atoms with Crippen LogP contribution in [-0.2, 0) is 16.0 Å². The van der Waals surface area contributed by atoms with Gasteiger partial charge < -0.3 is 14.7 Å². The highest BCUT2D eigenvalue weighted by molar-refractivity contribution is 5.71. The third-order valence-corrected chi connectivity index (χ3v) is 2.95. The van der Waals surface area contributed by atoms with Gasteiger partial charge in [-0.05, 0) is 32.8 Å². The summed E-state index contributed by atoms with van der Waals surface area (Å²) in [6.45, 7) is 5.34. The second-order valence-corrected chi connectivity index (χ2v) is 6.03. The van der Waals surface area contributed by atoms with Crippen molar-refractivity contribution in [3.63, 3.8) is 0 Å². The topological polar surface area (TPSA) is 66.8 Å². The van der Waals surface area contributed by atoms with Crippen molar-refractivity contribution in [2.24, 2.45) is 0 Å². The number of hydrogen-bond donors (Lipinski definition) is 1. The molecule has 1 aromatic carbocycles. The number of hydrogen-bond acceptors (Lipinski definition) is 3. The highest BCUT2D eigenvalue weighted by Crippen LogP contribution is 2.15. The molecule has 1 N–H and O–H groups in total. The summed E-state index contributed by atoms with van der Waals surface area (Å²) >= 11 is 0. The lowest BCUT2D eigenvalue weighted by atomic mass is 10.0. The summed E-state index contributed by atoms with van der Waals surface area (Å²) in [6, 6.07) is 9.06. The number of carbonyl (C=O) groups is 2. The monoisotopic (exact) mass is 293 g/mol. The van der Waals surface area contributed by atoms with E-state index in [9.17, 15) is 9.59 Å². The lowest BCUT2D eigenvalue weighted by molar-refractivity contribution is -0.138. The van der Waals surface area contributed by atoms with E-state index >= 15 is 0 Å². The number of ether oxygens (including phenoxy) is 1. The summed E-state index contributed by atoms with van der Waals surface area (Å²) in [5.41, 5.74) is 0.380. The first-order chi connectivity index (χ1) is 9.69. The maximum absolute atomic E-state index is 12.1. The normalized spacial score (nSPS) is 12.6. The van der Waals surface area contributed by atoms with Crippen LogP contribution in [-0.4, -0.2) is 40.8 Å². The summed E-state index contributed by atoms with van der Waals surface area (Å²) in [7, 11) is 1.57. The third-order valence-electron chi connectivity index (χ3n) is 2.95. The predicted octanol–water partition coefficient (Wildman–Crippen LogP) is 2.94. The Hall–Kier alpha value is -2.04. The zero-order valence-electron chi connectivity index (χ0n) is 13.0. The van der Waals surface area contributed by atoms with Crippen molar-refractivity contribution >= 4 is 12.1 Å². The smallest absolute Gasteiger partial charge is 0.410 e. The summed E-state index contributed by atoms with van der Waals surface area (Å²) in [5, 5.41) is 9.05. The van der Waals surface area contributed by atoms with E-state index in [1.165, 1.54) is 4.90 Å². The van der Waals surface area contributed by atoms with Gasteiger partial charge >= 0.3 is 12.1 Å². The largest absolute Gasteiger partial charge is 0.481 e. The van der Waals surface area contributed by atoms with E-state index < -0.39 is 23.7 Å². The molecular weight excluding hydrogens is 270 g/mol. The SMILES string of the molecule is CN(C(=O)OC(C)(C)C)C(CC(=O)O)Cc1ccccc1. The van der Waals surface area contributed by atoms with Crippen LogP contribution in [0.1, 0.15) is 32.8 Å². The average Bonchev–Trinajstić information content (AvgIpc) is 2.35. The summed E-state index contributed by atoms with van der Waals surface area (Å²) in [5.74, 6) is -0.939. The number of amides is 1. The summed E-state index contributed by atoms with van der Waals surface area (Å²) in [6.07, 6.45) is -0.155. The van der Waals surface area contributed by atoms with Crippen molar-refractivity contribution < 1.29 is 19.4 Å². The number of rotatable bonds is 5. The minimum absolute atomic E-state index is 0.120. The van der Waals surface area contributed by atoms with E-state index in [1.54, 1.807) is 27.8 Å². The van der Waals surface area contributed by atoms with Gasteiger partial charge in [0.25, 0.3) is 0 Å². The van der Waals surface area contributed by atoms with Crippen LogP contribution in [0.2, 0.25) is 0 Å². The lowest BCUT2D eigenvalue weighted by Crippen LogP contribution is -2.42. The molecule has 0 aliphatic rings. The quantitative estimate of drug-likeness (QED) is 0.906. The van der Waals surface area contributed by atoms with Gasteiger partial charge in [0.05, 0.1) is 6.42 Å². The van der Waals surface area contributed by atoms with Gasteiger partial charge in [0.2, 0.25) is 0 Å². The zero-order chi connectivity index (χ0) is 16.0. The number of likely N-dealkylation sites (N-methyl/N-ethyl adjacent to an activating group) is 1. The molecule has 0 heterocycles. The number of carboxylic acid groups (broad SMARTS) is 1. The predicted molar refractivity (Wildman–Crippen MR) is 80.2 cm³/mol. The first-order valence-corrected chi connectivity index (χ1v) is 6.90. The van der Waals surface area contributed by atoms with Crippen molar-refractivity contribution in [2.45, 2.75) is 45.3 Å². The molecule has 1 atom stereocenters. The number of benzene rings is 1. The van der Waals surface area contributed by atoms with E-state index in [0.717, 1.165) is 5.56 Å². The van der Waals surface area contributed by atoms with Gasteiger partial charge in [-0.15, -0.1) is 0 Å². The van der Waals surface area contributed by atoms with Gasteiger partial charge in [0.15, 0.2) is 0 Å². The second-order valence-electron chi connectivity index (χ2n) is 6.03. The molecule has 1 amide bonds. The van der Waals surface area contributed by atoms with Gasteiger partial charge in [0, 0.05) is 13.1 Å². The molecule has 0 aromatic heterocycles. The molecule has 0 fully saturated rings. The van der Waals surface area contributed by atoms with Crippen molar-refractivity contribution in [3.8, 4) is 0 Å². The summed E-state index contributed by atoms with van der Waals surface area (Å²) in [4.78, 5) is 24.5. The molecule has 0 aliphatic carbocycles. The molecule has 0 saturated carbocycles. The fourth-order valence-electron chi connectivity index (χ4n) is 1.92. The van der Waals surface area contributed by atoms with Crippen LogP contribution in [0.25, 0.3) is 0 Å². The fourth-order valence-corrected chi connectivity index (χ4v) is 1.92. The van der Waals surface area contributed by atoms with Crippen LogP contribution in [0.3, 0.4) is 0 Å². The zero-order valence-corrected chi connectivity index (χ0v) is 13.0. The maximum Gasteiger partial charge on any atom is 0.410 e. The fraction of sp³-hybridized carbons (Fsp3) is 0.500. The molecule has 0 radical (unpaired) electrons. The minimum atomic E-state index is -0.939. The molecule has 0 saturated heterocycles. The Balaban J connectivity index is 2.81. The minimum Gasteiger partial charge on any atom is -0.481 e. The van der Waals surface area contributed by atoms with Crippen LogP contribution >= 0.6 is 0 Å². The van der Waals surface area contributed by atoms with Gasteiger partial charge in [-0.25, -0.2) is 4.79 Å². The number of nitrogens with zero attached hydrogens (tertiary/aromatic N) is 1. The Kier molecular flexibility index (Phi) is 5.76. The maximum atomic E-state index is 12.1. The Morgan fingerprint density at radius 1 is 1.24 bits per heavy atom. The molecule has 0 spiro atoms. The van der Waals surface area contributed by atoms with E-state index in [1.807, 2.05) is 30.3 Å². The first-order valence-electron chi connectivity index (χ1n) is 6.90. The van der Waals surface area contributed by atoms with Crippen molar-refractivity contribution in [2.75, 3.05) is 7.05 Å². The highest BCUT2D eigenvalue weighted by Gasteiger charge is 2.27. The standard InChI is InChI=1S/C16H23NO4/c1-16(2,3)21-15(20)17(4)13(11-14(18)19)10-12-8-6-5-7-9-12/h5-9,13H,10-11H2,1-4H3,(H,18,19). The van der Waals surface area contributed by atoms with E-state index in [-0.39, 0.29) is 6.42 Å². The van der Waals surface area contributed by atoms with E-state index in [0.29, 0.717) is 6.42 Å². The molecule has 1 aromatic rings. The Labute approximate surface area is 125 Å².